The van der Waals surface area contributed by atoms with E-state index in [4.69, 9.17) is 10.2 Å². The highest BCUT2D eigenvalue weighted by Crippen LogP contribution is 2.37. The van der Waals surface area contributed by atoms with Gasteiger partial charge in [-0.1, -0.05) is 0 Å². The first-order valence-electron chi connectivity index (χ1n) is 14.2. The van der Waals surface area contributed by atoms with Gasteiger partial charge in [0.05, 0.1) is 6.10 Å². The number of aliphatic hydroxyl groups excluding tert-OH is 1. The zero-order valence-corrected chi connectivity index (χ0v) is 22.4. The first-order valence-corrected chi connectivity index (χ1v) is 14.2. The van der Waals surface area contributed by atoms with Crippen molar-refractivity contribution in [2.45, 2.75) is 94.9 Å². The molecule has 38 heavy (non-hydrogen) atoms. The highest BCUT2D eigenvalue weighted by molar-refractivity contribution is 5.57. The smallest absolute Gasteiger partial charge is 0.229 e. The number of nitrogens with one attached hydrogen (secondary N) is 2. The Balaban J connectivity index is 1.26. The number of aromatic nitrogens is 3. The third-order valence-electron chi connectivity index (χ3n) is 8.68. The molecule has 2 aromatic heterocycles. The van der Waals surface area contributed by atoms with E-state index >= 15 is 0 Å². The van der Waals surface area contributed by atoms with E-state index in [-0.39, 0.29) is 12.1 Å². The Bertz CT molecular complexity index is 1110. The Morgan fingerprint density at radius 2 is 1.84 bits per heavy atom. The lowest BCUT2D eigenvalue weighted by atomic mass is 9.80. The molecule has 8 nitrogen and oxygen atoms in total. The van der Waals surface area contributed by atoms with E-state index in [2.05, 4.69) is 31.6 Å². The predicted molar refractivity (Wildman–Crippen MR) is 146 cm³/mol. The van der Waals surface area contributed by atoms with Gasteiger partial charge in [0.1, 0.15) is 23.2 Å². The molecule has 9 heteroatoms. The van der Waals surface area contributed by atoms with E-state index in [0.717, 1.165) is 88.1 Å². The Hall–Kier alpha value is -2.83. The number of anilines is 3. The number of rotatable bonds is 7. The molecule has 3 heterocycles. The van der Waals surface area contributed by atoms with Crippen LogP contribution in [0.4, 0.5) is 21.8 Å². The number of piperidine rings is 1. The first kappa shape index (κ1) is 26.8. The summed E-state index contributed by atoms with van der Waals surface area (Å²) in [6, 6.07) is 5.82. The average molecular weight is 522 g/mol. The standard InChI is InChI=1S/C29H40FN7O/c1-29(30)11-6-20(7-12-29)19-37-14-9-21(10-15-37)26-18-33-28(35-23-8-13-32-24(16-23)17-31)36-27(26)34-22-2-4-25(38)5-3-22/h8,13,16,18,20-22,25,38H,2-7,9-12,14-15,19H2,1H3,(H2,32,33,34,35,36). The maximum atomic E-state index is 14.2. The summed E-state index contributed by atoms with van der Waals surface area (Å²) in [5.74, 6) is 2.34. The molecular formula is C29H40FN7O. The molecule has 0 aromatic carbocycles. The highest BCUT2D eigenvalue weighted by Gasteiger charge is 2.32. The van der Waals surface area contributed by atoms with Gasteiger partial charge in [0.25, 0.3) is 0 Å². The fourth-order valence-electron chi connectivity index (χ4n) is 6.23. The molecule has 2 aromatic rings. The maximum absolute atomic E-state index is 14.2. The van der Waals surface area contributed by atoms with Crippen LogP contribution >= 0.6 is 0 Å². The van der Waals surface area contributed by atoms with Crippen LogP contribution in [0.2, 0.25) is 0 Å². The van der Waals surface area contributed by atoms with Gasteiger partial charge in [0.15, 0.2) is 0 Å². The zero-order valence-electron chi connectivity index (χ0n) is 22.4. The van der Waals surface area contributed by atoms with Crippen molar-refractivity contribution in [3.63, 3.8) is 0 Å². The quantitative estimate of drug-likeness (QED) is 0.450. The molecule has 0 spiro atoms. The van der Waals surface area contributed by atoms with Crippen LogP contribution in [0.15, 0.2) is 24.5 Å². The van der Waals surface area contributed by atoms with Crippen molar-refractivity contribution in [3.8, 4) is 6.07 Å². The van der Waals surface area contributed by atoms with Gasteiger partial charge in [-0.2, -0.15) is 10.2 Å². The third-order valence-corrected chi connectivity index (χ3v) is 8.68. The van der Waals surface area contributed by atoms with Crippen molar-refractivity contribution >= 4 is 17.5 Å². The second kappa shape index (κ2) is 11.9. The summed E-state index contributed by atoms with van der Waals surface area (Å²) in [5, 5.41) is 26.0. The van der Waals surface area contributed by atoms with E-state index in [0.29, 0.717) is 36.3 Å². The minimum atomic E-state index is -0.972. The van der Waals surface area contributed by atoms with Crippen LogP contribution in [-0.4, -0.2) is 62.4 Å². The van der Waals surface area contributed by atoms with E-state index < -0.39 is 5.67 Å². The molecule has 2 aliphatic carbocycles. The lowest BCUT2D eigenvalue weighted by Gasteiger charge is -2.38. The largest absolute Gasteiger partial charge is 0.393 e. The number of hydrogen-bond acceptors (Lipinski definition) is 8. The predicted octanol–water partition coefficient (Wildman–Crippen LogP) is 5.30. The first-order chi connectivity index (χ1) is 18.4. The number of alkyl halides is 1. The summed E-state index contributed by atoms with van der Waals surface area (Å²) in [6.07, 6.45) is 12.3. The lowest BCUT2D eigenvalue weighted by molar-refractivity contribution is 0.0814. The SMILES string of the molecule is CC1(F)CCC(CN2CCC(c3cnc(Nc4ccnc(C#N)c4)nc3NC3CCC(O)CC3)CC2)CC1. The number of pyridine rings is 1. The average Bonchev–Trinajstić information content (AvgIpc) is 2.92. The normalized spacial score (nSPS) is 28.9. The van der Waals surface area contributed by atoms with Gasteiger partial charge >= 0.3 is 0 Å². The molecule has 0 atom stereocenters. The third kappa shape index (κ3) is 6.97. The number of likely N-dealkylation sites (tertiary alicyclic amines) is 1. The summed E-state index contributed by atoms with van der Waals surface area (Å²) < 4.78 is 14.2. The molecule has 0 unspecified atom stereocenters. The fraction of sp³-hybridized carbons (Fsp3) is 0.655. The maximum Gasteiger partial charge on any atom is 0.229 e. The van der Waals surface area contributed by atoms with Gasteiger partial charge in [0.2, 0.25) is 5.95 Å². The molecular weight excluding hydrogens is 481 g/mol. The summed E-state index contributed by atoms with van der Waals surface area (Å²) in [5.41, 5.74) is 1.24. The van der Waals surface area contributed by atoms with Crippen LogP contribution in [0.3, 0.4) is 0 Å². The number of nitrogens with zero attached hydrogens (tertiary/aromatic N) is 5. The van der Waals surface area contributed by atoms with Gasteiger partial charge in [-0.25, -0.2) is 14.4 Å². The second-order valence-electron chi connectivity index (χ2n) is 11.7. The Labute approximate surface area is 225 Å². The van der Waals surface area contributed by atoms with Crippen molar-refractivity contribution in [3.05, 3.63) is 35.8 Å². The molecule has 5 rings (SSSR count). The molecule has 3 N–H and O–H groups in total. The van der Waals surface area contributed by atoms with E-state index in [9.17, 15) is 9.50 Å². The molecule has 3 aliphatic rings. The van der Waals surface area contributed by atoms with Crippen LogP contribution in [0.25, 0.3) is 0 Å². The van der Waals surface area contributed by atoms with Crippen molar-refractivity contribution in [1.29, 1.82) is 5.26 Å². The minimum absolute atomic E-state index is 0.205. The summed E-state index contributed by atoms with van der Waals surface area (Å²) in [7, 11) is 0. The molecule has 1 saturated heterocycles. The van der Waals surface area contributed by atoms with Crippen molar-refractivity contribution < 1.29 is 9.50 Å². The van der Waals surface area contributed by atoms with E-state index in [1.165, 1.54) is 0 Å². The van der Waals surface area contributed by atoms with Crippen LogP contribution in [0.1, 0.15) is 88.3 Å². The number of nitriles is 1. The monoisotopic (exact) mass is 521 g/mol. The number of aliphatic hydroxyl groups is 1. The molecule has 2 saturated carbocycles. The van der Waals surface area contributed by atoms with Gasteiger partial charge in [0, 0.05) is 36.2 Å². The van der Waals surface area contributed by atoms with Gasteiger partial charge < -0.3 is 20.6 Å². The minimum Gasteiger partial charge on any atom is -0.393 e. The fourth-order valence-corrected chi connectivity index (χ4v) is 6.23. The molecule has 0 radical (unpaired) electrons. The van der Waals surface area contributed by atoms with Crippen LogP contribution in [-0.2, 0) is 0 Å². The summed E-state index contributed by atoms with van der Waals surface area (Å²) >= 11 is 0. The second-order valence-corrected chi connectivity index (χ2v) is 11.7. The van der Waals surface area contributed by atoms with Crippen LogP contribution in [0.5, 0.6) is 0 Å². The number of hydrogen-bond donors (Lipinski definition) is 3. The zero-order chi connectivity index (χ0) is 26.5. The number of halogens is 1. The van der Waals surface area contributed by atoms with E-state index in [1.54, 1.807) is 25.3 Å². The summed E-state index contributed by atoms with van der Waals surface area (Å²) in [4.78, 5) is 16.1. The van der Waals surface area contributed by atoms with Crippen LogP contribution < -0.4 is 10.6 Å². The summed E-state index contributed by atoms with van der Waals surface area (Å²) in [6.45, 7) is 4.90. The van der Waals surface area contributed by atoms with Gasteiger partial charge in [-0.3, -0.25) is 0 Å². The Morgan fingerprint density at radius 3 is 2.55 bits per heavy atom. The molecule has 0 amide bonds. The van der Waals surface area contributed by atoms with Crippen molar-refractivity contribution in [1.82, 2.24) is 19.9 Å². The highest BCUT2D eigenvalue weighted by atomic mass is 19.1. The lowest BCUT2D eigenvalue weighted by Crippen LogP contribution is -2.39. The molecule has 3 fully saturated rings. The van der Waals surface area contributed by atoms with Gasteiger partial charge in [-0.05, 0) is 108 Å². The molecule has 204 valence electrons. The molecule has 1 aliphatic heterocycles. The van der Waals surface area contributed by atoms with E-state index in [1.807, 2.05) is 6.20 Å². The van der Waals surface area contributed by atoms with Crippen molar-refractivity contribution in [2.24, 2.45) is 5.92 Å². The Kier molecular flexibility index (Phi) is 8.39. The Morgan fingerprint density at radius 1 is 1.11 bits per heavy atom. The van der Waals surface area contributed by atoms with Gasteiger partial charge in [-0.15, -0.1) is 0 Å². The topological polar surface area (TPSA) is 110 Å². The van der Waals surface area contributed by atoms with Crippen LogP contribution in [0, 0.1) is 17.2 Å². The van der Waals surface area contributed by atoms with Crippen molar-refractivity contribution in [2.75, 3.05) is 30.3 Å². The molecule has 0 bridgehead atoms.